The molecule has 4 heteroatoms. The lowest BCUT2D eigenvalue weighted by molar-refractivity contribution is 0.539. The van der Waals surface area contributed by atoms with Crippen LogP contribution in [0.15, 0.2) is 0 Å². The summed E-state index contributed by atoms with van der Waals surface area (Å²) >= 11 is -2.36. The third-order valence-electron chi connectivity index (χ3n) is 0.866. The molecule has 0 bridgehead atoms. The van der Waals surface area contributed by atoms with E-state index in [0.29, 0.717) is 0 Å². The minimum atomic E-state index is -2.36. The molecule has 0 aliphatic heterocycles. The number of rotatable bonds is 0. The summed E-state index contributed by atoms with van der Waals surface area (Å²) in [6, 6.07) is 0. The third-order valence-corrected chi connectivity index (χ3v) is 0.866. The van der Waals surface area contributed by atoms with Crippen LogP contribution in [0.2, 0.25) is 0 Å². The smallest absolute Gasteiger partial charge is 0.0152 e. The van der Waals surface area contributed by atoms with E-state index in [1.807, 2.05) is 0 Å². The van der Waals surface area contributed by atoms with Crippen LogP contribution in [-0.2, 0) is 11.3 Å². The Balaban J connectivity index is 0.000000122. The first kappa shape index (κ1) is 8.07. The van der Waals surface area contributed by atoms with E-state index in [1.165, 1.54) is 12.8 Å². The Labute approximate surface area is 51.7 Å². The molecule has 0 aromatic heterocycles. The van der Waals surface area contributed by atoms with Crippen molar-refractivity contribution in [2.45, 2.75) is 19.8 Å². The molecule has 8 heavy (non-hydrogen) atoms. The minimum Gasteiger partial charge on any atom is -0.760 e. The highest BCUT2D eigenvalue weighted by Crippen LogP contribution is 2.26. The first-order valence-electron chi connectivity index (χ1n) is 2.46. The highest BCUT2D eigenvalue weighted by Gasteiger charge is 2.12. The normalized spacial score (nSPS) is 20.9. The monoisotopic (exact) mass is 136 g/mol. The van der Waals surface area contributed by atoms with Crippen molar-refractivity contribution in [2.24, 2.45) is 11.1 Å². The fourth-order valence-electron chi connectivity index (χ4n) is 0.167. The summed E-state index contributed by atoms with van der Waals surface area (Å²) in [5, 5.41) is 4.03. The minimum absolute atomic E-state index is 1.08. The van der Waals surface area contributed by atoms with E-state index in [2.05, 4.69) is 12.1 Å². The maximum Gasteiger partial charge on any atom is 0.0152 e. The summed E-state index contributed by atoms with van der Waals surface area (Å²) in [5.74, 6) is 1.08. The topological polar surface area (TPSA) is 66.2 Å². The predicted molar refractivity (Wildman–Crippen MR) is 31.5 cm³/mol. The molecule has 0 aromatic carbocycles. The Bertz CT molecular complexity index is 78.1. The second-order valence-electron chi connectivity index (χ2n) is 1.94. The first-order chi connectivity index (χ1) is 3.63. The van der Waals surface area contributed by atoms with Crippen molar-refractivity contribution in [3.63, 3.8) is 0 Å². The second-order valence-corrected chi connectivity index (χ2v) is 2.46. The molecule has 2 N–H and O–H groups in total. The molecule has 1 aliphatic carbocycles. The molecule has 0 saturated heterocycles. The van der Waals surface area contributed by atoms with Gasteiger partial charge in [-0.15, -0.1) is 0 Å². The fourth-order valence-corrected chi connectivity index (χ4v) is 0.167. The maximum absolute atomic E-state index is 8.78. The van der Waals surface area contributed by atoms with Crippen LogP contribution in [-0.4, -0.2) is 8.76 Å². The molecule has 0 heterocycles. The Hall–Kier alpha value is 0.0700. The average Bonchev–Trinajstić information content (AvgIpc) is 2.19. The van der Waals surface area contributed by atoms with E-state index < -0.39 is 11.3 Å². The van der Waals surface area contributed by atoms with E-state index >= 15 is 0 Å². The number of nitrogens with two attached hydrogens (primary N) is 1. The van der Waals surface area contributed by atoms with Crippen LogP contribution in [0.5, 0.6) is 0 Å². The van der Waals surface area contributed by atoms with Crippen molar-refractivity contribution in [3.8, 4) is 0 Å². The molecule has 1 saturated carbocycles. The van der Waals surface area contributed by atoms with Crippen LogP contribution in [0.1, 0.15) is 19.8 Å². The lowest BCUT2D eigenvalue weighted by Gasteiger charge is -1.85. The zero-order valence-corrected chi connectivity index (χ0v) is 5.61. The van der Waals surface area contributed by atoms with Crippen molar-refractivity contribution >= 4 is 11.3 Å². The standard InChI is InChI=1S/C4H8.H3NO2S/c1-4-2-3-4;1-4(2)3/h4H,2-3H2,1H3;1H2,(H,2,3)/p-1. The van der Waals surface area contributed by atoms with Crippen LogP contribution >= 0.6 is 0 Å². The van der Waals surface area contributed by atoms with E-state index in [0.717, 1.165) is 5.92 Å². The van der Waals surface area contributed by atoms with Crippen molar-refractivity contribution in [2.75, 3.05) is 0 Å². The SMILES string of the molecule is CC1CC1.NS(=O)[O-]. The van der Waals surface area contributed by atoms with Gasteiger partial charge in [-0.05, 0) is 5.92 Å². The van der Waals surface area contributed by atoms with Gasteiger partial charge in [0.25, 0.3) is 0 Å². The number of hydrogen-bond donors (Lipinski definition) is 1. The zero-order chi connectivity index (χ0) is 6.57. The molecular formula is C4H10NO2S-. The fraction of sp³-hybridized carbons (Fsp3) is 1.00. The van der Waals surface area contributed by atoms with Crippen molar-refractivity contribution < 1.29 is 8.76 Å². The molecule has 0 spiro atoms. The van der Waals surface area contributed by atoms with E-state index in [1.54, 1.807) is 0 Å². The van der Waals surface area contributed by atoms with Crippen molar-refractivity contribution in [1.29, 1.82) is 0 Å². The molecule has 0 aromatic rings. The summed E-state index contributed by atoms with van der Waals surface area (Å²) in [5.41, 5.74) is 0. The number of hydrogen-bond acceptors (Lipinski definition) is 2. The van der Waals surface area contributed by atoms with Gasteiger partial charge in [0.1, 0.15) is 0 Å². The zero-order valence-electron chi connectivity index (χ0n) is 4.79. The molecule has 0 amide bonds. The molecule has 3 nitrogen and oxygen atoms in total. The average molecular weight is 136 g/mol. The highest BCUT2D eigenvalue weighted by atomic mass is 32.2. The van der Waals surface area contributed by atoms with Gasteiger partial charge in [0.05, 0.1) is 0 Å². The summed E-state index contributed by atoms with van der Waals surface area (Å²) in [7, 11) is 0. The molecule has 1 atom stereocenters. The Morgan fingerprint density at radius 1 is 1.75 bits per heavy atom. The lowest BCUT2D eigenvalue weighted by Crippen LogP contribution is -1.97. The quantitative estimate of drug-likeness (QED) is 0.482. The van der Waals surface area contributed by atoms with Gasteiger partial charge in [0.15, 0.2) is 0 Å². The van der Waals surface area contributed by atoms with Gasteiger partial charge >= 0.3 is 0 Å². The van der Waals surface area contributed by atoms with Gasteiger partial charge in [-0.25, -0.2) is 0 Å². The third kappa shape index (κ3) is 16.6. The van der Waals surface area contributed by atoms with E-state index in [9.17, 15) is 0 Å². The van der Waals surface area contributed by atoms with Crippen LogP contribution in [0.4, 0.5) is 0 Å². The maximum atomic E-state index is 8.78. The van der Waals surface area contributed by atoms with Crippen molar-refractivity contribution in [3.05, 3.63) is 0 Å². The predicted octanol–water partition coefficient (Wildman–Crippen LogP) is 0.156. The van der Waals surface area contributed by atoms with Gasteiger partial charge in [0, 0.05) is 11.3 Å². The van der Waals surface area contributed by atoms with E-state index in [4.69, 9.17) is 8.76 Å². The molecule has 1 aliphatic rings. The molecule has 0 radical (unpaired) electrons. The summed E-state index contributed by atoms with van der Waals surface area (Å²) in [6.45, 7) is 2.28. The second kappa shape index (κ2) is 4.00. The summed E-state index contributed by atoms with van der Waals surface area (Å²) in [4.78, 5) is 0. The molecule has 1 rings (SSSR count). The Morgan fingerprint density at radius 2 is 1.88 bits per heavy atom. The first-order valence-corrected chi connectivity index (χ1v) is 3.60. The van der Waals surface area contributed by atoms with Crippen LogP contribution in [0.25, 0.3) is 0 Å². The molecular weight excluding hydrogens is 126 g/mol. The van der Waals surface area contributed by atoms with Crippen LogP contribution < -0.4 is 5.14 Å². The van der Waals surface area contributed by atoms with Crippen LogP contribution in [0.3, 0.4) is 0 Å². The largest absolute Gasteiger partial charge is 0.760 e. The van der Waals surface area contributed by atoms with Gasteiger partial charge in [-0.1, -0.05) is 19.8 Å². The van der Waals surface area contributed by atoms with Crippen LogP contribution in [0, 0.1) is 5.92 Å². The van der Waals surface area contributed by atoms with Crippen molar-refractivity contribution in [1.82, 2.24) is 0 Å². The van der Waals surface area contributed by atoms with Gasteiger partial charge in [0.2, 0.25) is 0 Å². The summed E-state index contributed by atoms with van der Waals surface area (Å²) < 4.78 is 17.6. The molecule has 1 unspecified atom stereocenters. The van der Waals surface area contributed by atoms with Gasteiger partial charge in [-0.2, -0.15) is 0 Å². The van der Waals surface area contributed by atoms with Gasteiger partial charge in [-0.3, -0.25) is 9.35 Å². The lowest BCUT2D eigenvalue weighted by atomic mass is 10.5. The van der Waals surface area contributed by atoms with Gasteiger partial charge < -0.3 is 4.55 Å². The highest BCUT2D eigenvalue weighted by molar-refractivity contribution is 7.76. The summed E-state index contributed by atoms with van der Waals surface area (Å²) in [6.07, 6.45) is 2.97. The van der Waals surface area contributed by atoms with E-state index in [-0.39, 0.29) is 0 Å². The Morgan fingerprint density at radius 3 is 1.88 bits per heavy atom. The molecule has 1 fully saturated rings. The molecule has 50 valence electrons. The Kier molecular flexibility index (Phi) is 4.03.